The summed E-state index contributed by atoms with van der Waals surface area (Å²) in [7, 11) is 2.26. The lowest BCUT2D eigenvalue weighted by molar-refractivity contribution is 0.0707. The molecule has 3 heteroatoms. The summed E-state index contributed by atoms with van der Waals surface area (Å²) in [5, 5.41) is 0. The van der Waals surface area contributed by atoms with Crippen LogP contribution in [-0.2, 0) is 0 Å². The zero-order chi connectivity index (χ0) is 11.3. The van der Waals surface area contributed by atoms with Crippen LogP contribution in [-0.4, -0.2) is 43.1 Å². The van der Waals surface area contributed by atoms with Gasteiger partial charge in [0.1, 0.15) is 0 Å². The molecular weight excluding hydrogens is 204 g/mol. The summed E-state index contributed by atoms with van der Waals surface area (Å²) in [5.41, 5.74) is 6.36. The molecule has 1 rings (SSSR count). The maximum Gasteiger partial charge on any atom is 0.0180 e. The summed E-state index contributed by atoms with van der Waals surface area (Å²) >= 11 is 1.95. The Balaban J connectivity index is 2.41. The van der Waals surface area contributed by atoms with Crippen molar-refractivity contribution in [2.24, 2.45) is 11.1 Å². The van der Waals surface area contributed by atoms with Gasteiger partial charge in [0.25, 0.3) is 0 Å². The van der Waals surface area contributed by atoms with Gasteiger partial charge < -0.3 is 10.6 Å². The van der Waals surface area contributed by atoms with Crippen molar-refractivity contribution in [3.05, 3.63) is 0 Å². The summed E-state index contributed by atoms with van der Waals surface area (Å²) < 4.78 is 0. The molecule has 0 amide bonds. The molecule has 1 saturated carbocycles. The second-order valence-electron chi connectivity index (χ2n) is 4.99. The van der Waals surface area contributed by atoms with Crippen molar-refractivity contribution in [2.45, 2.75) is 38.6 Å². The Hall–Kier alpha value is 0.270. The maximum atomic E-state index is 5.90. The summed E-state index contributed by atoms with van der Waals surface area (Å²) in [6.45, 7) is 4.35. The highest BCUT2D eigenvalue weighted by Gasteiger charge is 2.37. The molecule has 0 aromatic rings. The topological polar surface area (TPSA) is 29.3 Å². The third-order valence-corrected chi connectivity index (χ3v) is 4.60. The molecule has 1 fully saturated rings. The average molecular weight is 230 g/mol. The molecule has 1 unspecified atom stereocenters. The Labute approximate surface area is 99.0 Å². The lowest BCUT2D eigenvalue weighted by atomic mass is 9.68. The minimum atomic E-state index is 0.459. The van der Waals surface area contributed by atoms with E-state index >= 15 is 0 Å². The van der Waals surface area contributed by atoms with E-state index in [9.17, 15) is 0 Å². The number of nitrogens with two attached hydrogens (primary N) is 1. The van der Waals surface area contributed by atoms with Gasteiger partial charge in [-0.15, -0.1) is 0 Å². The van der Waals surface area contributed by atoms with Crippen LogP contribution in [0.25, 0.3) is 0 Å². The zero-order valence-corrected chi connectivity index (χ0v) is 11.3. The van der Waals surface area contributed by atoms with Gasteiger partial charge in [-0.25, -0.2) is 0 Å². The van der Waals surface area contributed by atoms with Crippen LogP contribution in [0.3, 0.4) is 0 Å². The van der Waals surface area contributed by atoms with Crippen molar-refractivity contribution in [2.75, 3.05) is 32.1 Å². The van der Waals surface area contributed by atoms with E-state index in [1.807, 2.05) is 11.8 Å². The van der Waals surface area contributed by atoms with E-state index in [2.05, 4.69) is 25.1 Å². The first-order chi connectivity index (χ1) is 7.17. The fourth-order valence-corrected chi connectivity index (χ4v) is 3.39. The van der Waals surface area contributed by atoms with Gasteiger partial charge in [-0.1, -0.05) is 13.3 Å². The molecule has 0 aromatic heterocycles. The van der Waals surface area contributed by atoms with E-state index in [-0.39, 0.29) is 0 Å². The van der Waals surface area contributed by atoms with Gasteiger partial charge in [0.2, 0.25) is 0 Å². The predicted molar refractivity (Wildman–Crippen MR) is 70.4 cm³/mol. The highest BCUT2D eigenvalue weighted by molar-refractivity contribution is 7.98. The number of hydrogen-bond acceptors (Lipinski definition) is 3. The molecule has 0 heterocycles. The van der Waals surface area contributed by atoms with Crippen LogP contribution >= 0.6 is 11.8 Å². The normalized spacial score (nSPS) is 21.4. The van der Waals surface area contributed by atoms with Crippen LogP contribution in [0, 0.1) is 5.41 Å². The van der Waals surface area contributed by atoms with E-state index < -0.39 is 0 Å². The molecule has 15 heavy (non-hydrogen) atoms. The van der Waals surface area contributed by atoms with Crippen molar-refractivity contribution < 1.29 is 0 Å². The molecule has 2 nitrogen and oxygen atoms in total. The number of nitrogens with zero attached hydrogens (tertiary/aromatic N) is 1. The maximum absolute atomic E-state index is 5.90. The fraction of sp³-hybridized carbons (Fsp3) is 1.00. The molecule has 0 spiro atoms. The van der Waals surface area contributed by atoms with Crippen molar-refractivity contribution in [1.29, 1.82) is 0 Å². The minimum absolute atomic E-state index is 0.459. The quantitative estimate of drug-likeness (QED) is 0.727. The lowest BCUT2D eigenvalue weighted by Gasteiger charge is -2.45. The summed E-state index contributed by atoms with van der Waals surface area (Å²) in [6.07, 6.45) is 7.49. The molecule has 1 atom stereocenters. The molecule has 2 N–H and O–H groups in total. The highest BCUT2D eigenvalue weighted by Crippen LogP contribution is 2.40. The summed E-state index contributed by atoms with van der Waals surface area (Å²) in [6, 6.07) is 0.726. The third-order valence-electron chi connectivity index (χ3n) is 3.89. The summed E-state index contributed by atoms with van der Waals surface area (Å²) in [5.74, 6) is 1.24. The molecule has 0 aliphatic heterocycles. The molecule has 1 aliphatic rings. The predicted octanol–water partition coefficient (Wildman–Crippen LogP) is 2.19. The van der Waals surface area contributed by atoms with Gasteiger partial charge in [-0.2, -0.15) is 11.8 Å². The van der Waals surface area contributed by atoms with Gasteiger partial charge >= 0.3 is 0 Å². The standard InChI is InChI=1S/C12H26N2S/c1-4-11(8-15-3)14(2)10-12(9-13)6-5-7-12/h11H,4-10,13H2,1-3H3. The third kappa shape index (κ3) is 3.36. The van der Waals surface area contributed by atoms with Crippen LogP contribution in [0.4, 0.5) is 0 Å². The summed E-state index contributed by atoms with van der Waals surface area (Å²) in [4.78, 5) is 2.53. The lowest BCUT2D eigenvalue weighted by Crippen LogP contribution is -2.49. The minimum Gasteiger partial charge on any atom is -0.330 e. The van der Waals surface area contributed by atoms with Crippen LogP contribution in [0.2, 0.25) is 0 Å². The molecule has 0 saturated heterocycles. The van der Waals surface area contributed by atoms with Crippen molar-refractivity contribution in [3.63, 3.8) is 0 Å². The average Bonchev–Trinajstić information content (AvgIpc) is 2.19. The number of thioether (sulfide) groups is 1. The highest BCUT2D eigenvalue weighted by atomic mass is 32.2. The molecule has 1 aliphatic carbocycles. The van der Waals surface area contributed by atoms with Crippen molar-refractivity contribution in [1.82, 2.24) is 4.90 Å². The van der Waals surface area contributed by atoms with Crippen LogP contribution in [0.5, 0.6) is 0 Å². The Morgan fingerprint density at radius 1 is 1.47 bits per heavy atom. The first kappa shape index (κ1) is 13.3. The second-order valence-corrected chi connectivity index (χ2v) is 5.90. The van der Waals surface area contributed by atoms with Gasteiger partial charge in [0.05, 0.1) is 0 Å². The Bertz CT molecular complexity index is 175. The zero-order valence-electron chi connectivity index (χ0n) is 10.5. The fourth-order valence-electron chi connectivity index (χ4n) is 2.51. The monoisotopic (exact) mass is 230 g/mol. The van der Waals surface area contributed by atoms with Gasteiger partial charge in [-0.3, -0.25) is 0 Å². The first-order valence-corrected chi connectivity index (χ1v) is 7.46. The number of hydrogen-bond donors (Lipinski definition) is 1. The Morgan fingerprint density at radius 2 is 2.13 bits per heavy atom. The van der Waals surface area contributed by atoms with Gasteiger partial charge in [0.15, 0.2) is 0 Å². The second kappa shape index (κ2) is 6.12. The van der Waals surface area contributed by atoms with E-state index in [0.717, 1.165) is 12.6 Å². The van der Waals surface area contributed by atoms with Gasteiger partial charge in [0, 0.05) is 18.3 Å². The Kier molecular flexibility index (Phi) is 5.44. The van der Waals surface area contributed by atoms with E-state index in [1.54, 1.807) is 0 Å². The molecular formula is C12H26N2S. The largest absolute Gasteiger partial charge is 0.330 e. The van der Waals surface area contributed by atoms with E-state index in [1.165, 1.54) is 38.0 Å². The Morgan fingerprint density at radius 3 is 2.47 bits per heavy atom. The van der Waals surface area contributed by atoms with Crippen LogP contribution in [0.1, 0.15) is 32.6 Å². The number of rotatable bonds is 7. The van der Waals surface area contributed by atoms with E-state index in [4.69, 9.17) is 5.73 Å². The molecule has 0 bridgehead atoms. The van der Waals surface area contributed by atoms with Crippen LogP contribution in [0.15, 0.2) is 0 Å². The molecule has 0 radical (unpaired) electrons. The molecule has 90 valence electrons. The first-order valence-electron chi connectivity index (χ1n) is 6.06. The van der Waals surface area contributed by atoms with Gasteiger partial charge in [-0.05, 0) is 44.5 Å². The van der Waals surface area contributed by atoms with Crippen LogP contribution < -0.4 is 5.73 Å². The smallest absolute Gasteiger partial charge is 0.0180 e. The van der Waals surface area contributed by atoms with Crippen molar-refractivity contribution >= 4 is 11.8 Å². The SMILES string of the molecule is CCC(CSC)N(C)CC1(CN)CCC1. The molecule has 0 aromatic carbocycles. The van der Waals surface area contributed by atoms with E-state index in [0.29, 0.717) is 5.41 Å². The van der Waals surface area contributed by atoms with Crippen molar-refractivity contribution in [3.8, 4) is 0 Å².